The van der Waals surface area contributed by atoms with Gasteiger partial charge in [0.2, 0.25) is 0 Å². The van der Waals surface area contributed by atoms with Crippen LogP contribution in [-0.2, 0) is 9.53 Å². The molecular weight excluding hydrogens is 374 g/mol. The van der Waals surface area contributed by atoms with Crippen molar-refractivity contribution in [2.24, 2.45) is 5.92 Å². The van der Waals surface area contributed by atoms with Gasteiger partial charge in [0.15, 0.2) is 0 Å². The van der Waals surface area contributed by atoms with E-state index in [1.807, 2.05) is 33.7 Å². The summed E-state index contributed by atoms with van der Waals surface area (Å²) in [5.74, 6) is 0.753. The van der Waals surface area contributed by atoms with Crippen LogP contribution in [0.4, 0.5) is 0 Å². The van der Waals surface area contributed by atoms with E-state index in [0.717, 1.165) is 64.5 Å². The summed E-state index contributed by atoms with van der Waals surface area (Å²) in [5.41, 5.74) is 1.62. The van der Waals surface area contributed by atoms with Gasteiger partial charge in [-0.2, -0.15) is 0 Å². The molecular formula is C20H27N5O4. The summed E-state index contributed by atoms with van der Waals surface area (Å²) in [6.07, 6.45) is 5.46. The highest BCUT2D eigenvalue weighted by molar-refractivity contribution is 5.94. The number of benzene rings is 1. The van der Waals surface area contributed by atoms with Crippen molar-refractivity contribution in [2.45, 2.75) is 12.8 Å². The van der Waals surface area contributed by atoms with Crippen molar-refractivity contribution in [1.82, 2.24) is 24.6 Å². The van der Waals surface area contributed by atoms with E-state index in [4.69, 9.17) is 14.6 Å². The third kappa shape index (κ3) is 5.85. The molecule has 1 atom stereocenters. The fourth-order valence-electron chi connectivity index (χ4n) is 3.77. The van der Waals surface area contributed by atoms with Gasteiger partial charge in [0, 0.05) is 44.0 Å². The molecule has 0 aliphatic carbocycles. The zero-order valence-corrected chi connectivity index (χ0v) is 16.4. The van der Waals surface area contributed by atoms with E-state index in [2.05, 4.69) is 15.1 Å². The monoisotopic (exact) mass is 401 g/mol. The maximum absolute atomic E-state index is 13.0. The first-order valence-electron chi connectivity index (χ1n) is 9.83. The van der Waals surface area contributed by atoms with Crippen molar-refractivity contribution in [3.63, 3.8) is 0 Å². The lowest BCUT2D eigenvalue weighted by atomic mass is 10.1. The second kappa shape index (κ2) is 10.7. The maximum Gasteiger partial charge on any atom is 0.290 e. The fraction of sp³-hybridized carbons (Fsp3) is 0.500. The Kier molecular flexibility index (Phi) is 7.71. The van der Waals surface area contributed by atoms with E-state index in [1.165, 1.54) is 0 Å². The molecule has 9 nitrogen and oxygen atoms in total. The summed E-state index contributed by atoms with van der Waals surface area (Å²) in [7, 11) is 0. The van der Waals surface area contributed by atoms with Crippen LogP contribution >= 0.6 is 0 Å². The molecule has 156 valence electrons. The Labute approximate surface area is 169 Å². The first kappa shape index (κ1) is 20.9. The molecule has 0 radical (unpaired) electrons. The Balaban J connectivity index is 0.000000755. The van der Waals surface area contributed by atoms with Gasteiger partial charge in [0.1, 0.15) is 12.7 Å². The molecule has 2 aromatic rings. The van der Waals surface area contributed by atoms with Crippen LogP contribution < -0.4 is 0 Å². The van der Waals surface area contributed by atoms with Gasteiger partial charge < -0.3 is 19.6 Å². The minimum absolute atomic E-state index is 0.103. The summed E-state index contributed by atoms with van der Waals surface area (Å²) in [6, 6.07) is 7.65. The van der Waals surface area contributed by atoms with Gasteiger partial charge in [0.25, 0.3) is 12.4 Å². The summed E-state index contributed by atoms with van der Waals surface area (Å²) in [6.45, 7) is 6.21. The quantitative estimate of drug-likeness (QED) is 0.767. The van der Waals surface area contributed by atoms with E-state index in [9.17, 15) is 4.79 Å². The van der Waals surface area contributed by atoms with Gasteiger partial charge in [-0.15, -0.1) is 10.2 Å². The molecule has 1 aromatic heterocycles. The highest BCUT2D eigenvalue weighted by Crippen LogP contribution is 2.17. The molecule has 2 aliphatic rings. The van der Waals surface area contributed by atoms with Crippen LogP contribution in [0.3, 0.4) is 0 Å². The van der Waals surface area contributed by atoms with Crippen molar-refractivity contribution in [3.05, 3.63) is 42.5 Å². The number of aromatic nitrogens is 3. The molecule has 29 heavy (non-hydrogen) atoms. The van der Waals surface area contributed by atoms with E-state index < -0.39 is 0 Å². The molecule has 4 rings (SSSR count). The van der Waals surface area contributed by atoms with Crippen LogP contribution in [0.5, 0.6) is 0 Å². The molecule has 3 heterocycles. The number of amides is 1. The van der Waals surface area contributed by atoms with Crippen molar-refractivity contribution >= 4 is 12.4 Å². The van der Waals surface area contributed by atoms with Crippen molar-refractivity contribution < 1.29 is 19.4 Å². The Hall–Kier alpha value is -2.78. The minimum atomic E-state index is -0.250. The fourth-order valence-corrected chi connectivity index (χ4v) is 3.77. The molecule has 9 heteroatoms. The number of ether oxygens (including phenoxy) is 1. The topological polar surface area (TPSA) is 101 Å². The molecule has 0 saturated carbocycles. The second-order valence-electron chi connectivity index (χ2n) is 7.20. The summed E-state index contributed by atoms with van der Waals surface area (Å²) in [5, 5.41) is 14.5. The SMILES string of the molecule is O=C(c1cccc(-n2cnnc2)c1)N1CCCN(CC2CCOC2)CC1.O=CO. The largest absolute Gasteiger partial charge is 0.483 e. The van der Waals surface area contributed by atoms with Gasteiger partial charge in [0.05, 0.1) is 6.61 Å². The van der Waals surface area contributed by atoms with Crippen LogP contribution in [0.1, 0.15) is 23.2 Å². The maximum atomic E-state index is 13.0. The molecule has 2 fully saturated rings. The molecule has 0 spiro atoms. The molecule has 2 aliphatic heterocycles. The number of hydrogen-bond donors (Lipinski definition) is 1. The lowest BCUT2D eigenvalue weighted by molar-refractivity contribution is -0.122. The average molecular weight is 401 g/mol. The molecule has 1 N–H and O–H groups in total. The van der Waals surface area contributed by atoms with Crippen LogP contribution in [0, 0.1) is 5.92 Å². The minimum Gasteiger partial charge on any atom is -0.483 e. The third-order valence-electron chi connectivity index (χ3n) is 5.23. The normalized spacial score (nSPS) is 19.9. The summed E-state index contributed by atoms with van der Waals surface area (Å²) >= 11 is 0. The molecule has 0 bridgehead atoms. The van der Waals surface area contributed by atoms with Gasteiger partial charge in [-0.05, 0) is 43.5 Å². The van der Waals surface area contributed by atoms with Crippen molar-refractivity contribution in [2.75, 3.05) is 45.9 Å². The molecule has 1 unspecified atom stereocenters. The Morgan fingerprint density at radius 3 is 2.72 bits per heavy atom. The number of nitrogens with zero attached hydrogens (tertiary/aromatic N) is 5. The smallest absolute Gasteiger partial charge is 0.290 e. The number of carbonyl (C=O) groups is 2. The van der Waals surface area contributed by atoms with E-state index in [1.54, 1.807) is 12.7 Å². The summed E-state index contributed by atoms with van der Waals surface area (Å²) < 4.78 is 7.30. The Bertz CT molecular complexity index is 777. The lowest BCUT2D eigenvalue weighted by Gasteiger charge is -2.24. The van der Waals surface area contributed by atoms with Crippen LogP contribution in [-0.4, -0.2) is 88.0 Å². The van der Waals surface area contributed by atoms with Crippen molar-refractivity contribution in [3.8, 4) is 5.69 Å². The number of carbonyl (C=O) groups excluding carboxylic acids is 1. The third-order valence-corrected chi connectivity index (χ3v) is 5.23. The van der Waals surface area contributed by atoms with Crippen LogP contribution in [0.15, 0.2) is 36.9 Å². The highest BCUT2D eigenvalue weighted by atomic mass is 16.5. The van der Waals surface area contributed by atoms with Crippen molar-refractivity contribution in [1.29, 1.82) is 0 Å². The predicted molar refractivity (Wildman–Crippen MR) is 106 cm³/mol. The molecule has 1 amide bonds. The highest BCUT2D eigenvalue weighted by Gasteiger charge is 2.24. The average Bonchev–Trinajstić information content (AvgIpc) is 3.40. The van der Waals surface area contributed by atoms with E-state index >= 15 is 0 Å². The first-order valence-corrected chi connectivity index (χ1v) is 9.83. The molecule has 1 aromatic carbocycles. The van der Waals surface area contributed by atoms with Gasteiger partial charge in [-0.3, -0.25) is 14.2 Å². The Morgan fingerprint density at radius 1 is 1.21 bits per heavy atom. The first-order chi connectivity index (χ1) is 14.2. The van der Waals surface area contributed by atoms with Gasteiger partial charge >= 0.3 is 0 Å². The van der Waals surface area contributed by atoms with Gasteiger partial charge in [-0.1, -0.05) is 6.07 Å². The zero-order chi connectivity index (χ0) is 20.5. The van der Waals surface area contributed by atoms with E-state index in [0.29, 0.717) is 11.5 Å². The van der Waals surface area contributed by atoms with Crippen LogP contribution in [0.25, 0.3) is 5.69 Å². The van der Waals surface area contributed by atoms with E-state index in [-0.39, 0.29) is 12.4 Å². The Morgan fingerprint density at radius 2 is 2.00 bits per heavy atom. The number of rotatable bonds is 4. The van der Waals surface area contributed by atoms with Gasteiger partial charge in [-0.25, -0.2) is 0 Å². The number of hydrogen-bond acceptors (Lipinski definition) is 6. The molecule has 2 saturated heterocycles. The zero-order valence-electron chi connectivity index (χ0n) is 16.4. The standard InChI is InChI=1S/C19H25N5O2.CH2O2/c25-19(17-3-1-4-18(11-17)24-14-20-21-15-24)23-7-2-6-22(8-9-23)12-16-5-10-26-13-16;2-1-3/h1,3-4,11,14-16H,2,5-10,12-13H2;1H,(H,2,3). The number of carboxylic acid groups (broad SMARTS) is 1. The second-order valence-corrected chi connectivity index (χ2v) is 7.20. The summed E-state index contributed by atoms with van der Waals surface area (Å²) in [4.78, 5) is 25.8. The predicted octanol–water partition coefficient (Wildman–Crippen LogP) is 1.15. The van der Waals surface area contributed by atoms with Crippen LogP contribution in [0.2, 0.25) is 0 Å². The lowest BCUT2D eigenvalue weighted by Crippen LogP contribution is -2.36.